The fourth-order valence-electron chi connectivity index (χ4n) is 2.85. The average Bonchev–Trinajstić information content (AvgIpc) is 3.00. The van der Waals surface area contributed by atoms with E-state index >= 15 is 0 Å². The van der Waals surface area contributed by atoms with E-state index in [1.165, 1.54) is 15.8 Å². The standard InChI is InChI=1S/C18H24N6/c1-12(2)11-14-5-7-15(8-6-14)18(13(3)4)19-16-9-10-17-20-22-23-24(17)21-16/h5-10,12-13,18H,11H2,1-4H3,(H,19,21)/t18-/m0/s1. The predicted molar refractivity (Wildman–Crippen MR) is 94.8 cm³/mol. The van der Waals surface area contributed by atoms with Crippen molar-refractivity contribution < 1.29 is 0 Å². The average molecular weight is 324 g/mol. The molecule has 0 radical (unpaired) electrons. The Labute approximate surface area is 142 Å². The Morgan fingerprint density at radius 1 is 1.00 bits per heavy atom. The van der Waals surface area contributed by atoms with Gasteiger partial charge in [0.05, 0.1) is 6.04 Å². The van der Waals surface area contributed by atoms with Gasteiger partial charge < -0.3 is 5.32 Å². The van der Waals surface area contributed by atoms with E-state index in [-0.39, 0.29) is 6.04 Å². The Kier molecular flexibility index (Phi) is 4.74. The highest BCUT2D eigenvalue weighted by atomic mass is 15.6. The number of hydrogen-bond donors (Lipinski definition) is 1. The summed E-state index contributed by atoms with van der Waals surface area (Å²) in [6.07, 6.45) is 1.11. The van der Waals surface area contributed by atoms with Crippen molar-refractivity contribution in [2.45, 2.75) is 40.2 Å². The van der Waals surface area contributed by atoms with Gasteiger partial charge >= 0.3 is 0 Å². The second-order valence-corrected chi connectivity index (χ2v) is 6.95. The molecule has 1 atom stereocenters. The first kappa shape index (κ1) is 16.4. The fraction of sp³-hybridized carbons (Fsp3) is 0.444. The van der Waals surface area contributed by atoms with Gasteiger partial charge in [-0.2, -0.15) is 0 Å². The molecule has 2 heterocycles. The lowest BCUT2D eigenvalue weighted by Gasteiger charge is -2.23. The van der Waals surface area contributed by atoms with Gasteiger partial charge in [0.2, 0.25) is 0 Å². The van der Waals surface area contributed by atoms with E-state index < -0.39 is 0 Å². The molecule has 24 heavy (non-hydrogen) atoms. The fourth-order valence-corrected chi connectivity index (χ4v) is 2.85. The van der Waals surface area contributed by atoms with Gasteiger partial charge in [-0.05, 0) is 51.9 Å². The summed E-state index contributed by atoms with van der Waals surface area (Å²) in [5, 5.41) is 19.3. The van der Waals surface area contributed by atoms with Gasteiger partial charge in [0.15, 0.2) is 5.65 Å². The van der Waals surface area contributed by atoms with Crippen LogP contribution in [0.3, 0.4) is 0 Å². The van der Waals surface area contributed by atoms with E-state index in [2.05, 4.69) is 77.9 Å². The van der Waals surface area contributed by atoms with E-state index in [1.54, 1.807) is 0 Å². The van der Waals surface area contributed by atoms with Crippen LogP contribution >= 0.6 is 0 Å². The second-order valence-electron chi connectivity index (χ2n) is 6.95. The molecule has 0 amide bonds. The van der Waals surface area contributed by atoms with Crippen molar-refractivity contribution >= 4 is 11.5 Å². The molecule has 0 aliphatic heterocycles. The minimum atomic E-state index is 0.180. The van der Waals surface area contributed by atoms with Crippen LogP contribution in [0.4, 0.5) is 5.82 Å². The molecule has 3 aromatic rings. The summed E-state index contributed by atoms with van der Waals surface area (Å²) in [5.41, 5.74) is 3.28. The van der Waals surface area contributed by atoms with Crippen LogP contribution in [0.15, 0.2) is 36.4 Å². The zero-order valence-corrected chi connectivity index (χ0v) is 14.6. The number of fused-ring (bicyclic) bond motifs is 1. The van der Waals surface area contributed by atoms with Crippen LogP contribution in [-0.4, -0.2) is 25.3 Å². The van der Waals surface area contributed by atoms with Gasteiger partial charge in [-0.3, -0.25) is 0 Å². The molecule has 126 valence electrons. The molecule has 0 bridgehead atoms. The van der Waals surface area contributed by atoms with Gasteiger partial charge in [-0.15, -0.1) is 14.8 Å². The van der Waals surface area contributed by atoms with E-state index in [0.29, 0.717) is 17.5 Å². The molecule has 0 spiro atoms. The summed E-state index contributed by atoms with van der Waals surface area (Å²) in [5.74, 6) is 1.86. The third kappa shape index (κ3) is 3.69. The van der Waals surface area contributed by atoms with Crippen LogP contribution < -0.4 is 5.32 Å². The van der Waals surface area contributed by atoms with Gasteiger partial charge in [0.1, 0.15) is 5.82 Å². The summed E-state index contributed by atoms with van der Waals surface area (Å²) < 4.78 is 1.44. The molecule has 6 heteroatoms. The van der Waals surface area contributed by atoms with E-state index in [1.807, 2.05) is 12.1 Å². The van der Waals surface area contributed by atoms with Crippen molar-refractivity contribution in [2.75, 3.05) is 5.32 Å². The highest BCUT2D eigenvalue weighted by Gasteiger charge is 2.17. The first-order valence-electron chi connectivity index (χ1n) is 8.43. The van der Waals surface area contributed by atoms with E-state index in [4.69, 9.17) is 0 Å². The summed E-state index contributed by atoms with van der Waals surface area (Å²) in [6, 6.07) is 12.8. The van der Waals surface area contributed by atoms with Crippen molar-refractivity contribution in [3.63, 3.8) is 0 Å². The summed E-state index contributed by atoms with van der Waals surface area (Å²) in [6.45, 7) is 8.89. The van der Waals surface area contributed by atoms with Crippen LogP contribution in [0.2, 0.25) is 0 Å². The largest absolute Gasteiger partial charge is 0.362 e. The highest BCUT2D eigenvalue weighted by Crippen LogP contribution is 2.26. The molecular formula is C18H24N6. The quantitative estimate of drug-likeness (QED) is 0.751. The summed E-state index contributed by atoms with van der Waals surface area (Å²) in [7, 11) is 0. The zero-order valence-electron chi connectivity index (χ0n) is 14.6. The molecule has 6 nitrogen and oxygen atoms in total. The smallest absolute Gasteiger partial charge is 0.200 e. The van der Waals surface area contributed by atoms with Crippen molar-refractivity contribution in [1.29, 1.82) is 0 Å². The van der Waals surface area contributed by atoms with Gasteiger partial charge in [-0.1, -0.05) is 52.0 Å². The molecule has 0 saturated carbocycles. The molecule has 3 rings (SSSR count). The number of rotatable bonds is 6. The van der Waals surface area contributed by atoms with Gasteiger partial charge in [0, 0.05) is 0 Å². The lowest BCUT2D eigenvalue weighted by atomic mass is 9.94. The molecule has 0 aliphatic rings. The monoisotopic (exact) mass is 324 g/mol. The van der Waals surface area contributed by atoms with Crippen molar-refractivity contribution in [3.8, 4) is 0 Å². The number of anilines is 1. The summed E-state index contributed by atoms with van der Waals surface area (Å²) in [4.78, 5) is 0. The van der Waals surface area contributed by atoms with Gasteiger partial charge in [-0.25, -0.2) is 0 Å². The second kappa shape index (κ2) is 6.95. The molecular weight excluding hydrogens is 300 g/mol. The first-order chi connectivity index (χ1) is 11.5. The van der Waals surface area contributed by atoms with Crippen LogP contribution in [-0.2, 0) is 6.42 Å². The Bertz CT molecular complexity index is 791. The molecule has 0 aliphatic carbocycles. The third-order valence-corrected chi connectivity index (χ3v) is 4.02. The van der Waals surface area contributed by atoms with Crippen LogP contribution in [0.1, 0.15) is 44.9 Å². The first-order valence-corrected chi connectivity index (χ1v) is 8.43. The van der Waals surface area contributed by atoms with Crippen LogP contribution in [0.25, 0.3) is 5.65 Å². The number of hydrogen-bond acceptors (Lipinski definition) is 5. The molecule has 0 saturated heterocycles. The zero-order chi connectivity index (χ0) is 17.1. The highest BCUT2D eigenvalue weighted by molar-refractivity contribution is 5.44. The normalized spacial score (nSPS) is 12.9. The molecule has 2 aromatic heterocycles. The summed E-state index contributed by atoms with van der Waals surface area (Å²) >= 11 is 0. The molecule has 1 N–H and O–H groups in total. The molecule has 1 aromatic carbocycles. The number of nitrogens with one attached hydrogen (secondary N) is 1. The van der Waals surface area contributed by atoms with E-state index in [9.17, 15) is 0 Å². The Balaban J connectivity index is 1.81. The minimum absolute atomic E-state index is 0.180. The Morgan fingerprint density at radius 2 is 1.75 bits per heavy atom. The lowest BCUT2D eigenvalue weighted by Crippen LogP contribution is -2.18. The predicted octanol–water partition coefficient (Wildman–Crippen LogP) is 3.53. The van der Waals surface area contributed by atoms with Crippen molar-refractivity contribution in [1.82, 2.24) is 25.3 Å². The minimum Gasteiger partial charge on any atom is -0.362 e. The topological polar surface area (TPSA) is 68.0 Å². The number of aromatic nitrogens is 5. The molecule has 0 fully saturated rings. The number of tetrazole rings is 1. The van der Waals surface area contributed by atoms with Crippen LogP contribution in [0, 0.1) is 11.8 Å². The van der Waals surface area contributed by atoms with Crippen LogP contribution in [0.5, 0.6) is 0 Å². The Hall–Kier alpha value is -2.50. The van der Waals surface area contributed by atoms with Crippen molar-refractivity contribution in [2.24, 2.45) is 11.8 Å². The Morgan fingerprint density at radius 3 is 2.42 bits per heavy atom. The lowest BCUT2D eigenvalue weighted by molar-refractivity contribution is 0.542. The molecule has 0 unspecified atom stereocenters. The SMILES string of the molecule is CC(C)Cc1ccc([C@@H](Nc2ccc3nnnn3n2)C(C)C)cc1. The number of benzene rings is 1. The van der Waals surface area contributed by atoms with Crippen molar-refractivity contribution in [3.05, 3.63) is 47.5 Å². The maximum Gasteiger partial charge on any atom is 0.200 e. The maximum atomic E-state index is 4.41. The van der Waals surface area contributed by atoms with E-state index in [0.717, 1.165) is 12.2 Å². The maximum absolute atomic E-state index is 4.41. The third-order valence-electron chi connectivity index (χ3n) is 4.02. The number of nitrogens with zero attached hydrogens (tertiary/aromatic N) is 5. The van der Waals surface area contributed by atoms with Gasteiger partial charge in [0.25, 0.3) is 0 Å².